The van der Waals surface area contributed by atoms with Crippen molar-refractivity contribution in [1.29, 1.82) is 0 Å². The van der Waals surface area contributed by atoms with Gasteiger partial charge in [0.25, 0.3) is 17.5 Å². The molecule has 3 aromatic heterocycles. The Balaban J connectivity index is 0.00000387. The van der Waals surface area contributed by atoms with Gasteiger partial charge in [-0.2, -0.15) is 0 Å². The monoisotopic (exact) mass is 610 g/mol. The Labute approximate surface area is 263 Å². The summed E-state index contributed by atoms with van der Waals surface area (Å²) in [4.78, 5) is 60.3. The number of thioether (sulfide) groups is 1. The summed E-state index contributed by atoms with van der Waals surface area (Å²) in [6.07, 6.45) is 4.36. The van der Waals surface area contributed by atoms with Gasteiger partial charge in [-0.1, -0.05) is 18.1 Å². The van der Waals surface area contributed by atoms with E-state index in [0.717, 1.165) is 17.0 Å². The van der Waals surface area contributed by atoms with E-state index in [-0.39, 0.29) is 64.8 Å². The van der Waals surface area contributed by atoms with E-state index in [0.29, 0.717) is 11.3 Å². The molecule has 5 rings (SSSR count). The summed E-state index contributed by atoms with van der Waals surface area (Å²) in [6, 6.07) is 4.62. The van der Waals surface area contributed by atoms with Crippen LogP contribution in [0.1, 0.15) is 19.0 Å². The van der Waals surface area contributed by atoms with Crippen molar-refractivity contribution in [2.45, 2.75) is 37.4 Å². The number of thiazole rings is 1. The SMILES string of the molecule is CCC(O/N=C(\C(=O)N[C@@H]1C(=O)N2C(C(=O)O)=C(Cn3cc[n+]4ccccc34)CS[C@H]12)c1csc(N)n1)C(=O)O.[NaH]. The Morgan fingerprint density at radius 3 is 2.76 bits per heavy atom. The Kier molecular flexibility index (Phi) is 9.38. The van der Waals surface area contributed by atoms with Crippen LogP contribution in [0.3, 0.4) is 0 Å². The first kappa shape index (κ1) is 30.5. The normalized spacial score (nSPS) is 19.2. The second kappa shape index (κ2) is 12.6. The van der Waals surface area contributed by atoms with Gasteiger partial charge in [0, 0.05) is 22.8 Å². The van der Waals surface area contributed by atoms with Crippen molar-refractivity contribution in [2.24, 2.45) is 5.16 Å². The predicted molar refractivity (Wildman–Crippen MR) is 150 cm³/mol. The number of hydrogen-bond donors (Lipinski definition) is 4. The molecule has 17 heteroatoms. The number of oxime groups is 1. The molecule has 2 aliphatic heterocycles. The van der Waals surface area contributed by atoms with E-state index in [1.54, 1.807) is 6.92 Å². The third-order valence-corrected chi connectivity index (χ3v) is 8.38. The van der Waals surface area contributed by atoms with E-state index >= 15 is 0 Å². The summed E-state index contributed by atoms with van der Waals surface area (Å²) in [5.74, 6) is -3.62. The van der Waals surface area contributed by atoms with Gasteiger partial charge in [-0.05, 0) is 12.5 Å². The zero-order valence-corrected chi connectivity index (χ0v) is 22.6. The molecule has 1 saturated heterocycles. The molecule has 3 aromatic rings. The number of pyridine rings is 1. The first-order valence-corrected chi connectivity index (χ1v) is 14.0. The van der Waals surface area contributed by atoms with Crippen LogP contribution < -0.4 is 15.5 Å². The van der Waals surface area contributed by atoms with E-state index in [2.05, 4.69) is 15.5 Å². The first-order chi connectivity index (χ1) is 19.2. The maximum atomic E-state index is 13.2. The molecule has 2 aliphatic rings. The number of aromatic nitrogens is 3. The number of carbonyl (C=O) groups is 4. The number of nitrogens with one attached hydrogen (secondary N) is 1. The summed E-state index contributed by atoms with van der Waals surface area (Å²) in [5.41, 5.74) is 6.68. The van der Waals surface area contributed by atoms with Crippen molar-refractivity contribution in [3.05, 3.63) is 59.1 Å². The van der Waals surface area contributed by atoms with Gasteiger partial charge in [0.05, 0.1) is 6.20 Å². The molecule has 3 atom stereocenters. The molecule has 0 aliphatic carbocycles. The van der Waals surface area contributed by atoms with Crippen LogP contribution in [0.4, 0.5) is 5.13 Å². The van der Waals surface area contributed by atoms with Crippen molar-refractivity contribution < 1.29 is 38.6 Å². The molecule has 41 heavy (non-hydrogen) atoms. The quantitative estimate of drug-likeness (QED) is 0.0774. The number of anilines is 1. The molecule has 5 N–H and O–H groups in total. The van der Waals surface area contributed by atoms with Gasteiger partial charge in [-0.25, -0.2) is 23.5 Å². The third-order valence-electron chi connectivity index (χ3n) is 6.36. The molecular weight excluding hydrogens is 585 g/mol. The van der Waals surface area contributed by atoms with E-state index in [9.17, 15) is 29.4 Å². The van der Waals surface area contributed by atoms with Crippen LogP contribution in [0.15, 0.2) is 58.6 Å². The second-order valence-electron chi connectivity index (χ2n) is 8.86. The molecule has 2 amide bonds. The Morgan fingerprint density at radius 1 is 1.32 bits per heavy atom. The Morgan fingerprint density at radius 2 is 2.10 bits per heavy atom. The van der Waals surface area contributed by atoms with Crippen LogP contribution in [0, 0.1) is 0 Å². The number of carbonyl (C=O) groups excluding carboxylic acids is 2. The number of imidazole rings is 1. The molecule has 0 saturated carbocycles. The molecule has 0 spiro atoms. The summed E-state index contributed by atoms with van der Waals surface area (Å²) in [6.45, 7) is 1.85. The number of nitrogens with zero attached hydrogens (tertiary/aromatic N) is 5. The van der Waals surface area contributed by atoms with Crippen LogP contribution in [0.25, 0.3) is 5.65 Å². The zero-order valence-electron chi connectivity index (χ0n) is 21.0. The zero-order chi connectivity index (χ0) is 28.6. The van der Waals surface area contributed by atoms with Gasteiger partial charge in [0.15, 0.2) is 10.8 Å². The van der Waals surface area contributed by atoms with E-state index in [4.69, 9.17) is 10.6 Å². The van der Waals surface area contributed by atoms with Crippen LogP contribution >= 0.6 is 23.1 Å². The van der Waals surface area contributed by atoms with Crippen LogP contribution in [-0.4, -0.2) is 107 Å². The first-order valence-electron chi connectivity index (χ1n) is 12.0. The number of hydrogen-bond acceptors (Lipinski definition) is 10. The second-order valence-corrected chi connectivity index (χ2v) is 10.9. The number of aliphatic carboxylic acids is 2. The van der Waals surface area contributed by atoms with Gasteiger partial charge in [-0.15, -0.1) is 23.1 Å². The number of amides is 2. The van der Waals surface area contributed by atoms with Crippen molar-refractivity contribution in [2.75, 3.05) is 11.5 Å². The van der Waals surface area contributed by atoms with Crippen molar-refractivity contribution >= 4 is 92.9 Å². The minimum absolute atomic E-state index is 0. The van der Waals surface area contributed by atoms with Gasteiger partial charge in [0.1, 0.15) is 41.7 Å². The molecule has 0 bridgehead atoms. The van der Waals surface area contributed by atoms with Gasteiger partial charge in [-0.3, -0.25) is 14.5 Å². The number of β-lactam (4-membered cyclic amide) rings is 1. The maximum absolute atomic E-state index is 13.2. The number of carboxylic acids is 2. The summed E-state index contributed by atoms with van der Waals surface area (Å²) < 4.78 is 3.80. The average Bonchev–Trinajstić information content (AvgIpc) is 3.55. The molecule has 1 unspecified atom stereocenters. The van der Waals surface area contributed by atoms with Gasteiger partial charge >= 0.3 is 41.5 Å². The fourth-order valence-corrected chi connectivity index (χ4v) is 6.29. The standard InChI is InChI=1S/C24H23N7O7S2.Na.H/c1-2-14(22(34)35)38-28-16(13-11-40-24(25)26-13)19(32)27-17-20(33)31-18(23(36)37)12(10-39-21(17)31)9-30-8-7-29-6-4-3-5-15(29)30;;/h3-8,11,14,17,21H,2,9-10H2,1H3,(H4-,25,26,27,32,34,35,36,37);;/p+1/b28-16-;;/t14?,17-,21-;;/m1../s1. The van der Waals surface area contributed by atoms with Crippen molar-refractivity contribution in [3.63, 3.8) is 0 Å². The average molecular weight is 611 g/mol. The number of carboxylic acid groups (broad SMARTS) is 2. The Hall–Kier alpha value is -3.44. The fraction of sp³-hybridized carbons (Fsp3) is 0.292. The molecule has 0 aromatic carbocycles. The van der Waals surface area contributed by atoms with Crippen LogP contribution in [0.2, 0.25) is 0 Å². The number of nitrogens with two attached hydrogens (primary N) is 1. The summed E-state index contributed by atoms with van der Waals surface area (Å²) in [7, 11) is 0. The number of rotatable bonds is 10. The van der Waals surface area contributed by atoms with Crippen molar-refractivity contribution in [1.82, 2.24) is 19.8 Å². The molecule has 1 fully saturated rings. The van der Waals surface area contributed by atoms with E-state index in [1.165, 1.54) is 22.0 Å². The topological polar surface area (TPSA) is 194 Å². The molecule has 5 heterocycles. The van der Waals surface area contributed by atoms with Crippen molar-refractivity contribution in [3.8, 4) is 0 Å². The third kappa shape index (κ3) is 5.97. The predicted octanol–water partition coefficient (Wildman–Crippen LogP) is -0.360. The summed E-state index contributed by atoms with van der Waals surface area (Å²) in [5, 5.41) is 26.5. The summed E-state index contributed by atoms with van der Waals surface area (Å²) >= 11 is 2.37. The fourth-order valence-electron chi connectivity index (χ4n) is 4.41. The number of fused-ring (bicyclic) bond motifs is 2. The minimum atomic E-state index is -1.30. The molecular formula is C24H25N7NaO7S2+. The van der Waals surface area contributed by atoms with E-state index < -0.39 is 41.3 Å². The van der Waals surface area contributed by atoms with Gasteiger partial charge in [0.2, 0.25) is 6.10 Å². The molecule has 14 nitrogen and oxygen atoms in total. The number of nitrogen functional groups attached to an aromatic ring is 1. The van der Waals surface area contributed by atoms with E-state index in [1.807, 2.05) is 45.8 Å². The molecule has 210 valence electrons. The van der Waals surface area contributed by atoms with Gasteiger partial charge < -0.3 is 26.1 Å². The van der Waals surface area contributed by atoms with Crippen LogP contribution in [-0.2, 0) is 30.6 Å². The van der Waals surface area contributed by atoms with Crippen LogP contribution in [0.5, 0.6) is 0 Å². The molecule has 0 radical (unpaired) electrons. The Bertz CT molecular complexity index is 1590.